The molecule has 0 aliphatic carbocycles. The Morgan fingerprint density at radius 1 is 1.39 bits per heavy atom. The fraction of sp³-hybridized carbons (Fsp3) is 0.417. The average molecular weight is 269 g/mol. The molecule has 0 aromatic heterocycles. The van der Waals surface area contributed by atoms with E-state index in [1.54, 1.807) is 24.3 Å². The van der Waals surface area contributed by atoms with E-state index in [2.05, 4.69) is 11.6 Å². The zero-order chi connectivity index (χ0) is 13.8. The van der Waals surface area contributed by atoms with Gasteiger partial charge in [-0.3, -0.25) is 5.41 Å². The van der Waals surface area contributed by atoms with Crippen LogP contribution in [0.1, 0.15) is 25.8 Å². The first-order chi connectivity index (χ1) is 8.36. The Labute approximate surface area is 108 Å². The van der Waals surface area contributed by atoms with Crippen molar-refractivity contribution in [2.75, 3.05) is 0 Å². The number of hydrogen-bond acceptors (Lipinski definition) is 3. The Morgan fingerprint density at radius 3 is 2.39 bits per heavy atom. The van der Waals surface area contributed by atoms with Crippen molar-refractivity contribution in [3.8, 4) is 0 Å². The second kappa shape index (κ2) is 5.97. The van der Waals surface area contributed by atoms with Gasteiger partial charge in [0.2, 0.25) is 10.0 Å². The molecule has 1 rings (SSSR count). The van der Waals surface area contributed by atoms with Crippen molar-refractivity contribution in [1.82, 2.24) is 4.72 Å². The summed E-state index contributed by atoms with van der Waals surface area (Å²) in [5.41, 5.74) is 6.35. The molecule has 0 spiro atoms. The van der Waals surface area contributed by atoms with Crippen LogP contribution in [-0.2, 0) is 16.4 Å². The summed E-state index contributed by atoms with van der Waals surface area (Å²) in [4.78, 5) is 0.190. The molecule has 1 atom stereocenters. The SMILES string of the molecule is CCCc1ccc(S(=O)(=O)NC(C)C(=N)N)cc1. The maximum Gasteiger partial charge on any atom is 0.241 e. The summed E-state index contributed by atoms with van der Waals surface area (Å²) in [7, 11) is -3.61. The van der Waals surface area contributed by atoms with Gasteiger partial charge in [0.15, 0.2) is 0 Å². The van der Waals surface area contributed by atoms with E-state index in [0.717, 1.165) is 18.4 Å². The molecule has 4 N–H and O–H groups in total. The molecule has 1 aromatic carbocycles. The van der Waals surface area contributed by atoms with Crippen LogP contribution >= 0.6 is 0 Å². The first-order valence-electron chi connectivity index (χ1n) is 5.82. The summed E-state index contributed by atoms with van der Waals surface area (Å²) in [6.45, 7) is 3.60. The fourth-order valence-electron chi connectivity index (χ4n) is 1.49. The van der Waals surface area contributed by atoms with Gasteiger partial charge in [-0.2, -0.15) is 0 Å². The quantitative estimate of drug-likeness (QED) is 0.535. The lowest BCUT2D eigenvalue weighted by Crippen LogP contribution is -2.41. The molecule has 0 saturated heterocycles. The van der Waals surface area contributed by atoms with E-state index in [-0.39, 0.29) is 10.7 Å². The summed E-state index contributed by atoms with van der Waals surface area (Å²) in [5.74, 6) is -0.207. The van der Waals surface area contributed by atoms with Gasteiger partial charge < -0.3 is 5.73 Å². The number of benzene rings is 1. The van der Waals surface area contributed by atoms with Gasteiger partial charge in [0.25, 0.3) is 0 Å². The van der Waals surface area contributed by atoms with Crippen molar-refractivity contribution in [2.24, 2.45) is 5.73 Å². The van der Waals surface area contributed by atoms with Crippen LogP contribution in [0.25, 0.3) is 0 Å². The topological polar surface area (TPSA) is 96.0 Å². The number of nitrogens with one attached hydrogen (secondary N) is 2. The van der Waals surface area contributed by atoms with Gasteiger partial charge in [-0.05, 0) is 31.0 Å². The average Bonchev–Trinajstić information content (AvgIpc) is 2.29. The molecular formula is C12H19N3O2S. The molecule has 0 aliphatic rings. The highest BCUT2D eigenvalue weighted by molar-refractivity contribution is 7.89. The molecule has 0 bridgehead atoms. The third-order valence-electron chi connectivity index (χ3n) is 2.57. The summed E-state index contributed by atoms with van der Waals surface area (Å²) in [6, 6.07) is 6.04. The normalized spacial score (nSPS) is 13.2. The highest BCUT2D eigenvalue weighted by Gasteiger charge is 2.18. The minimum absolute atomic E-state index is 0.190. The van der Waals surface area contributed by atoms with Crippen LogP contribution in [0.15, 0.2) is 29.2 Å². The largest absolute Gasteiger partial charge is 0.386 e. The van der Waals surface area contributed by atoms with Crippen LogP contribution in [0.3, 0.4) is 0 Å². The van der Waals surface area contributed by atoms with Crippen LogP contribution in [0.4, 0.5) is 0 Å². The van der Waals surface area contributed by atoms with Gasteiger partial charge in [-0.1, -0.05) is 25.5 Å². The molecule has 5 nitrogen and oxygen atoms in total. The maximum atomic E-state index is 12.0. The summed E-state index contributed by atoms with van der Waals surface area (Å²) >= 11 is 0. The van der Waals surface area contributed by atoms with Crippen molar-refractivity contribution in [1.29, 1.82) is 5.41 Å². The molecule has 18 heavy (non-hydrogen) atoms. The second-order valence-electron chi connectivity index (χ2n) is 4.19. The van der Waals surface area contributed by atoms with Crippen LogP contribution in [0, 0.1) is 5.41 Å². The Bertz CT molecular complexity index is 509. The molecule has 0 saturated carbocycles. The van der Waals surface area contributed by atoms with Crippen molar-refractivity contribution < 1.29 is 8.42 Å². The summed E-state index contributed by atoms with van der Waals surface area (Å²) in [6.07, 6.45) is 1.95. The zero-order valence-electron chi connectivity index (χ0n) is 10.6. The van der Waals surface area contributed by atoms with Gasteiger partial charge in [0.05, 0.1) is 10.9 Å². The van der Waals surface area contributed by atoms with Crippen LogP contribution in [0.2, 0.25) is 0 Å². The molecule has 100 valence electrons. The third-order valence-corrected chi connectivity index (χ3v) is 4.13. The number of amidine groups is 1. The fourth-order valence-corrected chi connectivity index (χ4v) is 2.71. The predicted octanol–water partition coefficient (Wildman–Crippen LogP) is 1.24. The molecule has 0 heterocycles. The minimum atomic E-state index is -3.61. The van der Waals surface area contributed by atoms with E-state index in [9.17, 15) is 8.42 Å². The Morgan fingerprint density at radius 2 is 1.94 bits per heavy atom. The van der Waals surface area contributed by atoms with Gasteiger partial charge in [-0.15, -0.1) is 0 Å². The standard InChI is InChI=1S/C12H19N3O2S/c1-3-4-10-5-7-11(8-6-10)18(16,17)15-9(2)12(13)14/h5-9,15H,3-4H2,1-2H3,(H3,13,14). The monoisotopic (exact) mass is 269 g/mol. The first-order valence-corrected chi connectivity index (χ1v) is 7.30. The second-order valence-corrected chi connectivity index (χ2v) is 5.91. The molecular weight excluding hydrogens is 250 g/mol. The van der Waals surface area contributed by atoms with E-state index in [1.807, 2.05) is 0 Å². The molecule has 6 heteroatoms. The maximum absolute atomic E-state index is 12.0. The van der Waals surface area contributed by atoms with Crippen molar-refractivity contribution in [3.05, 3.63) is 29.8 Å². The predicted molar refractivity (Wildman–Crippen MR) is 72.1 cm³/mol. The number of aryl methyl sites for hydroxylation is 1. The van der Waals surface area contributed by atoms with E-state index in [0.29, 0.717) is 0 Å². The lowest BCUT2D eigenvalue weighted by Gasteiger charge is -2.12. The molecule has 0 aliphatic heterocycles. The number of hydrogen-bond donors (Lipinski definition) is 3. The summed E-state index contributed by atoms with van der Waals surface area (Å²) < 4.78 is 26.3. The third kappa shape index (κ3) is 3.82. The van der Waals surface area contributed by atoms with E-state index in [4.69, 9.17) is 11.1 Å². The van der Waals surface area contributed by atoms with Crippen LogP contribution in [-0.4, -0.2) is 20.3 Å². The van der Waals surface area contributed by atoms with E-state index >= 15 is 0 Å². The highest BCUT2D eigenvalue weighted by Crippen LogP contribution is 2.12. The first kappa shape index (κ1) is 14.7. The Hall–Kier alpha value is -1.40. The van der Waals surface area contributed by atoms with Crippen molar-refractivity contribution >= 4 is 15.9 Å². The van der Waals surface area contributed by atoms with Crippen molar-refractivity contribution in [3.63, 3.8) is 0 Å². The number of sulfonamides is 1. The van der Waals surface area contributed by atoms with E-state index < -0.39 is 16.1 Å². The van der Waals surface area contributed by atoms with Crippen LogP contribution < -0.4 is 10.5 Å². The Balaban J connectivity index is 2.88. The molecule has 0 radical (unpaired) electrons. The molecule has 1 unspecified atom stereocenters. The molecule has 0 amide bonds. The molecule has 1 aromatic rings. The van der Waals surface area contributed by atoms with Gasteiger partial charge in [0, 0.05) is 0 Å². The smallest absolute Gasteiger partial charge is 0.241 e. The zero-order valence-corrected chi connectivity index (χ0v) is 11.4. The lowest BCUT2D eigenvalue weighted by molar-refractivity contribution is 0.578. The van der Waals surface area contributed by atoms with Gasteiger partial charge in [-0.25, -0.2) is 13.1 Å². The van der Waals surface area contributed by atoms with Gasteiger partial charge >= 0.3 is 0 Å². The van der Waals surface area contributed by atoms with Crippen LogP contribution in [0.5, 0.6) is 0 Å². The lowest BCUT2D eigenvalue weighted by atomic mass is 10.1. The highest BCUT2D eigenvalue weighted by atomic mass is 32.2. The van der Waals surface area contributed by atoms with Crippen molar-refractivity contribution in [2.45, 2.75) is 37.6 Å². The van der Waals surface area contributed by atoms with E-state index in [1.165, 1.54) is 6.92 Å². The summed E-state index contributed by atoms with van der Waals surface area (Å²) in [5, 5.41) is 7.18. The van der Waals surface area contributed by atoms with Gasteiger partial charge in [0.1, 0.15) is 5.84 Å². The minimum Gasteiger partial charge on any atom is -0.386 e. The number of nitrogens with two attached hydrogens (primary N) is 1. The Kier molecular flexibility index (Phi) is 4.86. The molecule has 0 fully saturated rings. The number of rotatable bonds is 6.